The first-order valence-electron chi connectivity index (χ1n) is 6.08. The zero-order valence-electron chi connectivity index (χ0n) is 11.6. The smallest absolute Gasteiger partial charge is 0.388 e. The van der Waals surface area contributed by atoms with Crippen LogP contribution in [-0.2, 0) is 7.05 Å². The molecule has 0 saturated heterocycles. The summed E-state index contributed by atoms with van der Waals surface area (Å²) in [7, 11) is 1.41. The van der Waals surface area contributed by atoms with Crippen LogP contribution >= 0.6 is 34.8 Å². The number of hydrogen-bond acceptors (Lipinski definition) is 3. The topological polar surface area (TPSA) is 36.3 Å². The van der Waals surface area contributed by atoms with Crippen LogP contribution < -0.4 is 9.47 Å². The molecule has 0 N–H and O–H groups in total. The minimum atomic E-state index is -3.04. The van der Waals surface area contributed by atoms with Crippen LogP contribution in [0.4, 0.5) is 8.78 Å². The number of ether oxygens (including phenoxy) is 2. The average Bonchev–Trinajstić information content (AvgIpc) is 2.74. The van der Waals surface area contributed by atoms with E-state index in [0.717, 1.165) is 4.68 Å². The predicted octanol–water partition coefficient (Wildman–Crippen LogP) is 4.66. The second kappa shape index (κ2) is 7.26. The van der Waals surface area contributed by atoms with Gasteiger partial charge < -0.3 is 9.47 Å². The molecule has 9 heteroatoms. The standard InChI is InChI=1S/C14H9Cl3F2N2O2/c1-3-4-22-10-5-7(8(15)6-9(10)16)12-11(17)13(21(2)20-12)23-14(18)19/h1,5-6,14H,4H2,2H3. The fourth-order valence-electron chi connectivity index (χ4n) is 1.81. The van der Waals surface area contributed by atoms with E-state index in [0.29, 0.717) is 5.56 Å². The largest absolute Gasteiger partial charge is 0.479 e. The van der Waals surface area contributed by atoms with Gasteiger partial charge in [0, 0.05) is 12.6 Å². The molecule has 4 nitrogen and oxygen atoms in total. The van der Waals surface area contributed by atoms with Crippen molar-refractivity contribution in [3.05, 3.63) is 27.2 Å². The molecule has 0 aliphatic rings. The van der Waals surface area contributed by atoms with E-state index >= 15 is 0 Å². The van der Waals surface area contributed by atoms with Gasteiger partial charge in [-0.1, -0.05) is 40.7 Å². The summed E-state index contributed by atoms with van der Waals surface area (Å²) in [5.74, 6) is 2.28. The number of aryl methyl sites for hydroxylation is 1. The number of alkyl halides is 2. The van der Waals surface area contributed by atoms with Gasteiger partial charge in [-0.3, -0.25) is 0 Å². The van der Waals surface area contributed by atoms with Crippen molar-refractivity contribution in [2.24, 2.45) is 7.05 Å². The van der Waals surface area contributed by atoms with Crippen LogP contribution in [0, 0.1) is 12.3 Å². The van der Waals surface area contributed by atoms with Gasteiger partial charge >= 0.3 is 6.61 Å². The number of benzene rings is 1. The molecule has 0 unspecified atom stereocenters. The third-order valence-corrected chi connectivity index (χ3v) is 3.68. The number of hydrogen-bond donors (Lipinski definition) is 0. The van der Waals surface area contributed by atoms with Gasteiger partial charge in [-0.15, -0.1) is 6.42 Å². The van der Waals surface area contributed by atoms with Crippen molar-refractivity contribution in [1.29, 1.82) is 0 Å². The number of rotatable bonds is 5. The molecule has 0 radical (unpaired) electrons. The quantitative estimate of drug-likeness (QED) is 0.707. The van der Waals surface area contributed by atoms with Gasteiger partial charge in [0.1, 0.15) is 23.1 Å². The summed E-state index contributed by atoms with van der Waals surface area (Å²) in [6.07, 6.45) is 5.13. The third kappa shape index (κ3) is 3.81. The highest BCUT2D eigenvalue weighted by atomic mass is 35.5. The molecule has 0 amide bonds. The molecular weight excluding hydrogens is 373 g/mol. The summed E-state index contributed by atoms with van der Waals surface area (Å²) in [5.41, 5.74) is 0.491. The van der Waals surface area contributed by atoms with E-state index in [2.05, 4.69) is 15.8 Å². The Labute approximate surface area is 145 Å². The minimum Gasteiger partial charge on any atom is -0.479 e. The predicted molar refractivity (Wildman–Crippen MR) is 84.6 cm³/mol. The molecule has 0 aliphatic heterocycles. The number of aromatic nitrogens is 2. The first kappa shape index (κ1) is 17.7. The highest BCUT2D eigenvalue weighted by Crippen LogP contribution is 2.42. The second-order valence-electron chi connectivity index (χ2n) is 4.23. The summed E-state index contributed by atoms with van der Waals surface area (Å²) >= 11 is 18.2. The Hall–Kier alpha value is -1.68. The Kier molecular flexibility index (Phi) is 5.58. The summed E-state index contributed by atoms with van der Waals surface area (Å²) < 4.78 is 35.6. The van der Waals surface area contributed by atoms with Crippen LogP contribution in [0.5, 0.6) is 11.6 Å². The lowest BCUT2D eigenvalue weighted by molar-refractivity contribution is -0.0552. The third-order valence-electron chi connectivity index (χ3n) is 2.73. The first-order valence-corrected chi connectivity index (χ1v) is 7.21. The molecule has 1 aromatic heterocycles. The average molecular weight is 382 g/mol. The molecular formula is C14H9Cl3F2N2O2. The Bertz CT molecular complexity index is 772. The summed E-state index contributed by atoms with van der Waals surface area (Å²) in [4.78, 5) is 0. The second-order valence-corrected chi connectivity index (χ2v) is 5.42. The van der Waals surface area contributed by atoms with Gasteiger partial charge in [-0.2, -0.15) is 13.9 Å². The van der Waals surface area contributed by atoms with Crippen molar-refractivity contribution in [2.45, 2.75) is 6.61 Å². The number of halogens is 5. The Morgan fingerprint density at radius 1 is 1.30 bits per heavy atom. The van der Waals surface area contributed by atoms with Gasteiger partial charge in [-0.05, 0) is 12.1 Å². The molecule has 23 heavy (non-hydrogen) atoms. The molecule has 0 bridgehead atoms. The molecule has 0 saturated carbocycles. The number of nitrogens with zero attached hydrogens (tertiary/aromatic N) is 2. The van der Waals surface area contributed by atoms with Crippen LogP contribution in [-0.4, -0.2) is 23.0 Å². The molecule has 2 aromatic rings. The van der Waals surface area contributed by atoms with E-state index in [1.54, 1.807) is 0 Å². The van der Waals surface area contributed by atoms with Crippen molar-refractivity contribution >= 4 is 34.8 Å². The van der Waals surface area contributed by atoms with Crippen LogP contribution in [0.2, 0.25) is 15.1 Å². The lowest BCUT2D eigenvalue weighted by Crippen LogP contribution is -2.06. The number of terminal acetylenes is 1. The Morgan fingerprint density at radius 3 is 2.61 bits per heavy atom. The van der Waals surface area contributed by atoms with Gasteiger partial charge in [0.2, 0.25) is 5.88 Å². The summed E-state index contributed by atoms with van der Waals surface area (Å²) in [5, 5.41) is 4.39. The molecule has 0 spiro atoms. The maximum Gasteiger partial charge on any atom is 0.388 e. The van der Waals surface area contributed by atoms with Crippen molar-refractivity contribution in [2.75, 3.05) is 6.61 Å². The Morgan fingerprint density at radius 2 is 2.00 bits per heavy atom. The highest BCUT2D eigenvalue weighted by molar-refractivity contribution is 6.39. The van der Waals surface area contributed by atoms with E-state index in [4.69, 9.17) is 46.0 Å². The molecule has 1 aromatic carbocycles. The lowest BCUT2D eigenvalue weighted by atomic mass is 10.1. The van der Waals surface area contributed by atoms with E-state index in [9.17, 15) is 8.78 Å². The van der Waals surface area contributed by atoms with Gasteiger partial charge in [0.25, 0.3) is 0 Å². The van der Waals surface area contributed by atoms with Crippen molar-refractivity contribution < 1.29 is 18.3 Å². The van der Waals surface area contributed by atoms with Crippen molar-refractivity contribution in [3.8, 4) is 35.2 Å². The minimum absolute atomic E-state index is 0.00349. The van der Waals surface area contributed by atoms with E-state index in [1.165, 1.54) is 19.2 Å². The van der Waals surface area contributed by atoms with Crippen molar-refractivity contribution in [3.63, 3.8) is 0 Å². The maximum absolute atomic E-state index is 12.4. The lowest BCUT2D eigenvalue weighted by Gasteiger charge is -2.09. The van der Waals surface area contributed by atoms with Crippen LogP contribution in [0.25, 0.3) is 11.3 Å². The normalized spacial score (nSPS) is 10.7. The highest BCUT2D eigenvalue weighted by Gasteiger charge is 2.23. The van der Waals surface area contributed by atoms with Gasteiger partial charge in [0.15, 0.2) is 0 Å². The van der Waals surface area contributed by atoms with Crippen LogP contribution in [0.15, 0.2) is 12.1 Å². The molecule has 2 rings (SSSR count). The first-order chi connectivity index (χ1) is 10.8. The van der Waals surface area contributed by atoms with Gasteiger partial charge in [0.05, 0.1) is 10.0 Å². The fraction of sp³-hybridized carbons (Fsp3) is 0.214. The van der Waals surface area contributed by atoms with Gasteiger partial charge in [-0.25, -0.2) is 4.68 Å². The summed E-state index contributed by atoms with van der Waals surface area (Å²) in [6.45, 7) is -3.04. The fourth-order valence-corrected chi connectivity index (χ4v) is 2.64. The zero-order chi connectivity index (χ0) is 17.1. The molecule has 0 atom stereocenters. The van der Waals surface area contributed by atoms with E-state index < -0.39 is 6.61 Å². The SMILES string of the molecule is C#CCOc1cc(-c2nn(C)c(OC(F)F)c2Cl)c(Cl)cc1Cl. The maximum atomic E-state index is 12.4. The Balaban J connectivity index is 2.52. The zero-order valence-corrected chi connectivity index (χ0v) is 13.9. The monoisotopic (exact) mass is 380 g/mol. The van der Waals surface area contributed by atoms with Crippen LogP contribution in [0.3, 0.4) is 0 Å². The summed E-state index contributed by atoms with van der Waals surface area (Å²) in [6, 6.07) is 2.89. The van der Waals surface area contributed by atoms with E-state index in [1.807, 2.05) is 0 Å². The molecule has 0 aliphatic carbocycles. The van der Waals surface area contributed by atoms with Crippen molar-refractivity contribution in [1.82, 2.24) is 9.78 Å². The molecule has 122 valence electrons. The molecule has 0 fully saturated rings. The van der Waals surface area contributed by atoms with E-state index in [-0.39, 0.29) is 39.0 Å². The van der Waals surface area contributed by atoms with Crippen LogP contribution in [0.1, 0.15) is 0 Å². The molecule has 1 heterocycles.